The molecule has 10 nitrogen and oxygen atoms in total. The molecule has 2 fully saturated rings. The van der Waals surface area contributed by atoms with Crippen LogP contribution in [0.3, 0.4) is 0 Å². The molecule has 3 aromatic rings. The van der Waals surface area contributed by atoms with Crippen molar-refractivity contribution in [2.24, 2.45) is 12.5 Å². The maximum atomic E-state index is 13.2. The number of hydrogen-bond donors (Lipinski definition) is 0. The molecule has 2 aliphatic heterocycles. The average Bonchev–Trinajstić information content (AvgIpc) is 3.52. The molecule has 33 heavy (non-hydrogen) atoms. The standard InChI is InChI=1S/C23H31N7O3/c1-5-30-15(2)17(12-26-30)19-27-18-20(28(19)4)24-14-25-21(18)33-16-6-9-29(13-16)22(31)23(3)7-10-32-11-8-23/h12,14,16H,5-11,13H2,1-4H3/t16-/m0/s1. The lowest BCUT2D eigenvalue weighted by atomic mass is 9.81. The first-order chi connectivity index (χ1) is 15.9. The van der Waals surface area contributed by atoms with E-state index in [1.54, 1.807) is 0 Å². The van der Waals surface area contributed by atoms with Crippen LogP contribution in [-0.2, 0) is 23.1 Å². The Morgan fingerprint density at radius 1 is 1.30 bits per heavy atom. The van der Waals surface area contributed by atoms with Gasteiger partial charge in [-0.2, -0.15) is 10.1 Å². The highest BCUT2D eigenvalue weighted by atomic mass is 16.5. The van der Waals surface area contributed by atoms with Crippen molar-refractivity contribution in [2.45, 2.75) is 52.7 Å². The van der Waals surface area contributed by atoms with Crippen LogP contribution in [0.5, 0.6) is 5.88 Å². The zero-order chi connectivity index (χ0) is 23.2. The number of hydrogen-bond acceptors (Lipinski definition) is 7. The van der Waals surface area contributed by atoms with Crippen LogP contribution in [0.1, 0.15) is 38.8 Å². The van der Waals surface area contributed by atoms with E-state index in [9.17, 15) is 4.79 Å². The first kappa shape index (κ1) is 21.8. The summed E-state index contributed by atoms with van der Waals surface area (Å²) in [6.45, 7) is 9.50. The Hall–Kier alpha value is -3.01. The Labute approximate surface area is 192 Å². The lowest BCUT2D eigenvalue weighted by Crippen LogP contribution is -2.44. The third-order valence-electron chi connectivity index (χ3n) is 7.09. The summed E-state index contributed by atoms with van der Waals surface area (Å²) in [5.74, 6) is 1.44. The van der Waals surface area contributed by atoms with Gasteiger partial charge in [0.05, 0.1) is 23.7 Å². The molecule has 3 aromatic heterocycles. The van der Waals surface area contributed by atoms with Crippen molar-refractivity contribution in [2.75, 3.05) is 26.3 Å². The van der Waals surface area contributed by atoms with Gasteiger partial charge in [-0.25, -0.2) is 9.97 Å². The van der Waals surface area contributed by atoms with Gasteiger partial charge in [0.1, 0.15) is 18.3 Å². The van der Waals surface area contributed by atoms with Crippen molar-refractivity contribution in [1.29, 1.82) is 0 Å². The van der Waals surface area contributed by atoms with E-state index in [0.29, 0.717) is 43.3 Å². The van der Waals surface area contributed by atoms with Gasteiger partial charge >= 0.3 is 0 Å². The molecule has 0 saturated carbocycles. The second-order valence-electron chi connectivity index (χ2n) is 9.26. The second-order valence-corrected chi connectivity index (χ2v) is 9.26. The van der Waals surface area contributed by atoms with Crippen LogP contribution in [0.2, 0.25) is 0 Å². The summed E-state index contributed by atoms with van der Waals surface area (Å²) in [6, 6.07) is 0. The van der Waals surface area contributed by atoms with Gasteiger partial charge in [0.25, 0.3) is 0 Å². The molecule has 0 N–H and O–H groups in total. The van der Waals surface area contributed by atoms with Crippen LogP contribution in [0, 0.1) is 12.3 Å². The maximum Gasteiger partial charge on any atom is 0.245 e. The largest absolute Gasteiger partial charge is 0.471 e. The molecule has 176 valence electrons. The van der Waals surface area contributed by atoms with E-state index < -0.39 is 0 Å². The average molecular weight is 454 g/mol. The SMILES string of the molecule is CCn1ncc(-c2nc3c(O[C@H]4CCN(C(=O)C5(C)CCOCC5)C4)ncnc3n2C)c1C. The number of nitrogens with zero attached hydrogens (tertiary/aromatic N) is 7. The number of fused-ring (bicyclic) bond motifs is 1. The van der Waals surface area contributed by atoms with Crippen LogP contribution >= 0.6 is 0 Å². The molecule has 1 atom stereocenters. The van der Waals surface area contributed by atoms with Gasteiger partial charge in [-0.05, 0) is 26.7 Å². The first-order valence-corrected chi connectivity index (χ1v) is 11.7. The third-order valence-corrected chi connectivity index (χ3v) is 7.09. The van der Waals surface area contributed by atoms with E-state index >= 15 is 0 Å². The normalized spacial score (nSPS) is 20.5. The quantitative estimate of drug-likeness (QED) is 0.585. The number of carbonyl (C=O) groups is 1. The van der Waals surface area contributed by atoms with Crippen molar-refractivity contribution in [3.8, 4) is 17.3 Å². The fourth-order valence-electron chi connectivity index (χ4n) is 4.87. The lowest BCUT2D eigenvalue weighted by molar-refractivity contribution is -0.145. The smallest absolute Gasteiger partial charge is 0.245 e. The van der Waals surface area contributed by atoms with Gasteiger partial charge in [-0.15, -0.1) is 0 Å². The van der Waals surface area contributed by atoms with Crippen LogP contribution in [0.25, 0.3) is 22.6 Å². The van der Waals surface area contributed by atoms with Crippen molar-refractivity contribution in [3.63, 3.8) is 0 Å². The summed E-state index contributed by atoms with van der Waals surface area (Å²) in [7, 11) is 1.94. The minimum absolute atomic E-state index is 0.120. The molecule has 0 radical (unpaired) electrons. The molecule has 0 unspecified atom stereocenters. The molecule has 2 aliphatic rings. The topological polar surface area (TPSA) is 100 Å². The molecule has 0 aromatic carbocycles. The van der Waals surface area contributed by atoms with Gasteiger partial charge in [0.2, 0.25) is 11.8 Å². The number of rotatable bonds is 5. The predicted molar refractivity (Wildman–Crippen MR) is 122 cm³/mol. The van der Waals surface area contributed by atoms with Gasteiger partial charge in [0, 0.05) is 45.5 Å². The summed E-state index contributed by atoms with van der Waals surface area (Å²) in [5.41, 5.74) is 3.01. The molecule has 0 spiro atoms. The zero-order valence-corrected chi connectivity index (χ0v) is 19.7. The van der Waals surface area contributed by atoms with Crippen molar-refractivity contribution < 1.29 is 14.3 Å². The molecular weight excluding hydrogens is 422 g/mol. The lowest BCUT2D eigenvalue weighted by Gasteiger charge is -2.35. The van der Waals surface area contributed by atoms with E-state index in [-0.39, 0.29) is 17.4 Å². The number of likely N-dealkylation sites (tertiary alicyclic amines) is 1. The Morgan fingerprint density at radius 2 is 2.09 bits per heavy atom. The third kappa shape index (κ3) is 3.76. The van der Waals surface area contributed by atoms with Crippen molar-refractivity contribution in [1.82, 2.24) is 34.2 Å². The van der Waals surface area contributed by atoms with E-state index in [1.165, 1.54) is 6.33 Å². The summed E-state index contributed by atoms with van der Waals surface area (Å²) in [5, 5.41) is 4.45. The van der Waals surface area contributed by atoms with Gasteiger partial charge < -0.3 is 18.9 Å². The molecule has 10 heteroatoms. The second kappa shape index (κ2) is 8.40. The molecule has 0 aliphatic carbocycles. The predicted octanol–water partition coefficient (Wildman–Crippen LogP) is 2.35. The summed E-state index contributed by atoms with van der Waals surface area (Å²) in [6.07, 6.45) is 5.53. The molecule has 5 heterocycles. The monoisotopic (exact) mass is 453 g/mol. The Balaban J connectivity index is 1.37. The number of carbonyl (C=O) groups excluding carboxylic acids is 1. The number of amides is 1. The van der Waals surface area contributed by atoms with E-state index in [4.69, 9.17) is 14.5 Å². The van der Waals surface area contributed by atoms with Gasteiger partial charge in [-0.1, -0.05) is 6.92 Å². The molecule has 1 amide bonds. The highest BCUT2D eigenvalue weighted by Gasteiger charge is 2.41. The van der Waals surface area contributed by atoms with E-state index in [1.807, 2.05) is 34.3 Å². The Bertz CT molecular complexity index is 1180. The number of aromatic nitrogens is 6. The fraction of sp³-hybridized carbons (Fsp3) is 0.609. The van der Waals surface area contributed by atoms with Gasteiger partial charge in [0.15, 0.2) is 11.2 Å². The van der Waals surface area contributed by atoms with Gasteiger partial charge in [-0.3, -0.25) is 9.48 Å². The molecule has 2 saturated heterocycles. The maximum absolute atomic E-state index is 13.2. The van der Waals surface area contributed by atoms with Crippen LogP contribution in [0.15, 0.2) is 12.5 Å². The van der Waals surface area contributed by atoms with E-state index in [0.717, 1.165) is 42.9 Å². The van der Waals surface area contributed by atoms with E-state index in [2.05, 4.69) is 28.9 Å². The molecule has 5 rings (SSSR count). The summed E-state index contributed by atoms with van der Waals surface area (Å²) < 4.78 is 15.6. The molecular formula is C23H31N7O3. The zero-order valence-electron chi connectivity index (χ0n) is 19.7. The number of imidazole rings is 1. The minimum atomic E-state index is -0.341. The van der Waals surface area contributed by atoms with Crippen LogP contribution < -0.4 is 4.74 Å². The number of ether oxygens (including phenoxy) is 2. The van der Waals surface area contributed by atoms with Crippen molar-refractivity contribution >= 4 is 17.1 Å². The summed E-state index contributed by atoms with van der Waals surface area (Å²) in [4.78, 5) is 28.8. The first-order valence-electron chi connectivity index (χ1n) is 11.7. The fourth-order valence-corrected chi connectivity index (χ4v) is 4.87. The number of aryl methyl sites for hydroxylation is 2. The minimum Gasteiger partial charge on any atom is -0.471 e. The highest BCUT2D eigenvalue weighted by Crippen LogP contribution is 2.34. The van der Waals surface area contributed by atoms with Crippen LogP contribution in [0.4, 0.5) is 0 Å². The van der Waals surface area contributed by atoms with Crippen molar-refractivity contribution in [3.05, 3.63) is 18.2 Å². The highest BCUT2D eigenvalue weighted by molar-refractivity contribution is 5.83. The Kier molecular flexibility index (Phi) is 5.55. The summed E-state index contributed by atoms with van der Waals surface area (Å²) >= 11 is 0. The molecule has 0 bridgehead atoms. The Morgan fingerprint density at radius 3 is 2.82 bits per heavy atom. The van der Waals surface area contributed by atoms with Crippen LogP contribution in [-0.4, -0.2) is 72.5 Å².